The Kier molecular flexibility index (Phi) is 7.40. The predicted octanol–water partition coefficient (Wildman–Crippen LogP) is 2.13. The lowest BCUT2D eigenvalue weighted by molar-refractivity contribution is -0.122. The Morgan fingerprint density at radius 2 is 2.17 bits per heavy atom. The quantitative estimate of drug-likeness (QED) is 0.801. The molecule has 0 saturated carbocycles. The number of amides is 1. The second-order valence-electron chi connectivity index (χ2n) is 6.20. The molecule has 1 amide bonds. The summed E-state index contributed by atoms with van der Waals surface area (Å²) in [7, 11) is 0. The second kappa shape index (κ2) is 9.30. The first-order valence-corrected chi connectivity index (χ1v) is 9.67. The first kappa shape index (κ1) is 18.3. The van der Waals surface area contributed by atoms with Gasteiger partial charge in [-0.05, 0) is 31.2 Å². The van der Waals surface area contributed by atoms with E-state index in [1.54, 1.807) is 11.8 Å². The summed E-state index contributed by atoms with van der Waals surface area (Å²) in [5.74, 6) is 0.260. The monoisotopic (exact) mass is 336 g/mol. The fourth-order valence-electron chi connectivity index (χ4n) is 3.17. The van der Waals surface area contributed by atoms with Gasteiger partial charge < -0.3 is 10.4 Å². The van der Waals surface area contributed by atoms with Gasteiger partial charge in [-0.15, -0.1) is 0 Å². The van der Waals surface area contributed by atoms with Crippen molar-refractivity contribution in [2.45, 2.75) is 37.6 Å². The van der Waals surface area contributed by atoms with Gasteiger partial charge in [-0.25, -0.2) is 0 Å². The fraction of sp³-hybridized carbons (Fsp3) is 0.611. The first-order valence-electron chi connectivity index (χ1n) is 8.38. The van der Waals surface area contributed by atoms with Gasteiger partial charge in [0.15, 0.2) is 0 Å². The number of nitrogens with one attached hydrogen (secondary N) is 1. The van der Waals surface area contributed by atoms with Crippen LogP contribution in [0.2, 0.25) is 0 Å². The summed E-state index contributed by atoms with van der Waals surface area (Å²) in [6.45, 7) is 4.83. The Morgan fingerprint density at radius 1 is 1.43 bits per heavy atom. The molecule has 1 aromatic rings. The number of carbonyl (C=O) groups is 1. The third kappa shape index (κ3) is 5.23. The van der Waals surface area contributed by atoms with Crippen molar-refractivity contribution in [1.82, 2.24) is 10.2 Å². The van der Waals surface area contributed by atoms with Gasteiger partial charge in [0, 0.05) is 31.7 Å². The topological polar surface area (TPSA) is 52.6 Å². The number of hydrogen-bond donors (Lipinski definition) is 2. The molecule has 1 aliphatic rings. The number of nitrogens with zero attached hydrogens (tertiary/aromatic N) is 1. The minimum absolute atomic E-state index is 0.00107. The van der Waals surface area contributed by atoms with E-state index in [1.807, 2.05) is 19.2 Å². The molecule has 1 saturated heterocycles. The Bertz CT molecular complexity index is 479. The summed E-state index contributed by atoms with van der Waals surface area (Å²) < 4.78 is 0. The molecule has 128 valence electrons. The molecule has 1 fully saturated rings. The van der Waals surface area contributed by atoms with Crippen LogP contribution in [0.3, 0.4) is 0 Å². The highest BCUT2D eigenvalue weighted by molar-refractivity contribution is 7.99. The number of carbonyl (C=O) groups excluding carboxylic acids is 1. The van der Waals surface area contributed by atoms with Crippen LogP contribution >= 0.6 is 11.8 Å². The van der Waals surface area contributed by atoms with Crippen molar-refractivity contribution in [3.05, 3.63) is 35.9 Å². The molecule has 2 N–H and O–H groups in total. The van der Waals surface area contributed by atoms with Crippen LogP contribution in [0.25, 0.3) is 0 Å². The van der Waals surface area contributed by atoms with Gasteiger partial charge in [-0.1, -0.05) is 37.3 Å². The molecule has 1 heterocycles. The molecule has 1 aliphatic heterocycles. The Balaban J connectivity index is 1.96. The van der Waals surface area contributed by atoms with Crippen LogP contribution in [0.5, 0.6) is 0 Å². The molecule has 0 bridgehead atoms. The fourth-order valence-corrected chi connectivity index (χ4v) is 3.79. The van der Waals surface area contributed by atoms with E-state index < -0.39 is 0 Å². The molecule has 0 spiro atoms. The average molecular weight is 337 g/mol. The van der Waals surface area contributed by atoms with Crippen LogP contribution in [0.1, 0.15) is 25.3 Å². The van der Waals surface area contributed by atoms with E-state index in [1.165, 1.54) is 5.56 Å². The molecular weight excluding hydrogens is 308 g/mol. The number of piperidine rings is 1. The van der Waals surface area contributed by atoms with E-state index in [4.69, 9.17) is 0 Å². The number of likely N-dealkylation sites (tertiary alicyclic amines) is 1. The van der Waals surface area contributed by atoms with Gasteiger partial charge in [0.1, 0.15) is 0 Å². The van der Waals surface area contributed by atoms with Gasteiger partial charge in [-0.2, -0.15) is 11.8 Å². The number of benzene rings is 1. The molecule has 23 heavy (non-hydrogen) atoms. The summed E-state index contributed by atoms with van der Waals surface area (Å²) in [6, 6.07) is 10.4. The molecule has 3 unspecified atom stereocenters. The van der Waals surface area contributed by atoms with Crippen LogP contribution in [-0.4, -0.2) is 53.2 Å². The standard InChI is InChI=1S/C18H28N2O2S/c1-3-17(23-2)18(22)19-16-12-20(10-9-15(16)13-21)11-14-7-5-4-6-8-14/h4-8,15-17,21H,3,9-13H2,1-2H3,(H,19,22). The van der Waals surface area contributed by atoms with E-state index >= 15 is 0 Å². The number of thioether (sulfide) groups is 1. The SMILES string of the molecule is CCC(SC)C(=O)NC1CN(Cc2ccccc2)CCC1CO. The lowest BCUT2D eigenvalue weighted by Gasteiger charge is -2.38. The summed E-state index contributed by atoms with van der Waals surface area (Å²) in [5.41, 5.74) is 1.29. The zero-order chi connectivity index (χ0) is 16.7. The maximum atomic E-state index is 12.4. The Labute approximate surface area is 143 Å². The molecule has 0 aromatic heterocycles. The summed E-state index contributed by atoms with van der Waals surface area (Å²) >= 11 is 1.59. The maximum absolute atomic E-state index is 12.4. The zero-order valence-electron chi connectivity index (χ0n) is 14.1. The van der Waals surface area contributed by atoms with E-state index in [0.29, 0.717) is 0 Å². The molecule has 0 radical (unpaired) electrons. The maximum Gasteiger partial charge on any atom is 0.233 e. The van der Waals surface area contributed by atoms with Gasteiger partial charge in [-0.3, -0.25) is 9.69 Å². The number of rotatable bonds is 7. The molecule has 4 nitrogen and oxygen atoms in total. The van der Waals surface area contributed by atoms with E-state index in [-0.39, 0.29) is 29.7 Å². The van der Waals surface area contributed by atoms with Crippen LogP contribution < -0.4 is 5.32 Å². The molecule has 1 aromatic carbocycles. The van der Waals surface area contributed by atoms with Gasteiger partial charge in [0.25, 0.3) is 0 Å². The van der Waals surface area contributed by atoms with Gasteiger partial charge in [0.05, 0.1) is 5.25 Å². The minimum Gasteiger partial charge on any atom is -0.396 e. The normalized spacial score (nSPS) is 23.4. The molecule has 2 rings (SSSR count). The number of aliphatic hydroxyl groups excluding tert-OH is 1. The third-order valence-corrected chi connectivity index (χ3v) is 5.72. The van der Waals surface area contributed by atoms with Gasteiger partial charge >= 0.3 is 0 Å². The Morgan fingerprint density at radius 3 is 2.78 bits per heavy atom. The van der Waals surface area contributed by atoms with E-state index in [2.05, 4.69) is 34.5 Å². The molecule has 5 heteroatoms. The van der Waals surface area contributed by atoms with Crippen molar-refractivity contribution in [3.63, 3.8) is 0 Å². The van der Waals surface area contributed by atoms with Crippen LogP contribution in [0.4, 0.5) is 0 Å². The van der Waals surface area contributed by atoms with E-state index in [0.717, 1.165) is 32.5 Å². The van der Waals surface area contributed by atoms with Crippen molar-refractivity contribution in [2.24, 2.45) is 5.92 Å². The summed E-state index contributed by atoms with van der Waals surface area (Å²) in [6.07, 6.45) is 3.72. The average Bonchev–Trinajstić information content (AvgIpc) is 2.57. The van der Waals surface area contributed by atoms with Crippen molar-refractivity contribution in [3.8, 4) is 0 Å². The zero-order valence-corrected chi connectivity index (χ0v) is 14.9. The van der Waals surface area contributed by atoms with Crippen molar-refractivity contribution >= 4 is 17.7 Å². The largest absolute Gasteiger partial charge is 0.396 e. The smallest absolute Gasteiger partial charge is 0.233 e. The lowest BCUT2D eigenvalue weighted by atomic mass is 9.91. The van der Waals surface area contributed by atoms with Crippen molar-refractivity contribution in [2.75, 3.05) is 26.0 Å². The summed E-state index contributed by atoms with van der Waals surface area (Å²) in [5, 5.41) is 12.8. The van der Waals surface area contributed by atoms with E-state index in [9.17, 15) is 9.90 Å². The molecule has 0 aliphatic carbocycles. The van der Waals surface area contributed by atoms with Crippen LogP contribution in [0, 0.1) is 5.92 Å². The number of aliphatic hydroxyl groups is 1. The lowest BCUT2D eigenvalue weighted by Crippen LogP contribution is -2.54. The van der Waals surface area contributed by atoms with Crippen LogP contribution in [0.15, 0.2) is 30.3 Å². The second-order valence-corrected chi connectivity index (χ2v) is 7.24. The molecule has 3 atom stereocenters. The highest BCUT2D eigenvalue weighted by Crippen LogP contribution is 2.20. The predicted molar refractivity (Wildman–Crippen MR) is 96.4 cm³/mol. The minimum atomic E-state index is -0.00107. The number of hydrogen-bond acceptors (Lipinski definition) is 4. The van der Waals surface area contributed by atoms with Crippen molar-refractivity contribution in [1.29, 1.82) is 0 Å². The first-order chi connectivity index (χ1) is 11.2. The Hall–Kier alpha value is -1.04. The van der Waals surface area contributed by atoms with Gasteiger partial charge in [0.2, 0.25) is 5.91 Å². The highest BCUT2D eigenvalue weighted by Gasteiger charge is 2.31. The van der Waals surface area contributed by atoms with Crippen LogP contribution in [-0.2, 0) is 11.3 Å². The summed E-state index contributed by atoms with van der Waals surface area (Å²) in [4.78, 5) is 14.7. The molecular formula is C18H28N2O2S. The highest BCUT2D eigenvalue weighted by atomic mass is 32.2. The third-order valence-electron chi connectivity index (χ3n) is 4.60. The van der Waals surface area contributed by atoms with Crippen molar-refractivity contribution < 1.29 is 9.90 Å².